The lowest BCUT2D eigenvalue weighted by molar-refractivity contribution is -0.129. The summed E-state index contributed by atoms with van der Waals surface area (Å²) in [6.45, 7) is 5.38. The topological polar surface area (TPSA) is 67.9 Å². The minimum Gasteiger partial charge on any atom is -0.497 e. The fourth-order valence-corrected chi connectivity index (χ4v) is 2.79. The predicted octanol–water partition coefficient (Wildman–Crippen LogP) is 3.09. The Balaban J connectivity index is 2.37. The molecule has 0 saturated carbocycles. The molecular formula is C18H23N3O2. The van der Waals surface area contributed by atoms with E-state index < -0.39 is 0 Å². The van der Waals surface area contributed by atoms with Crippen molar-refractivity contribution in [3.63, 3.8) is 0 Å². The van der Waals surface area contributed by atoms with Crippen molar-refractivity contribution in [3.8, 4) is 0 Å². The number of amides is 1. The largest absolute Gasteiger partial charge is 0.497 e. The Morgan fingerprint density at radius 1 is 1.30 bits per heavy atom. The van der Waals surface area contributed by atoms with Crippen LogP contribution in [0.4, 0.5) is 5.69 Å². The van der Waals surface area contributed by atoms with Crippen molar-refractivity contribution in [1.82, 2.24) is 5.01 Å². The first-order chi connectivity index (χ1) is 11.0. The highest BCUT2D eigenvalue weighted by Gasteiger charge is 2.34. The summed E-state index contributed by atoms with van der Waals surface area (Å²) >= 11 is 0. The van der Waals surface area contributed by atoms with Crippen LogP contribution in [0.2, 0.25) is 0 Å². The van der Waals surface area contributed by atoms with Crippen LogP contribution in [0, 0.1) is 0 Å². The Morgan fingerprint density at radius 3 is 2.43 bits per heavy atom. The number of nitrogens with two attached hydrogens (primary N) is 1. The molecule has 0 spiro atoms. The molecule has 1 unspecified atom stereocenters. The van der Waals surface area contributed by atoms with Crippen molar-refractivity contribution in [2.24, 2.45) is 5.10 Å². The molecule has 0 bridgehead atoms. The van der Waals surface area contributed by atoms with E-state index in [1.54, 1.807) is 7.11 Å². The summed E-state index contributed by atoms with van der Waals surface area (Å²) in [6.07, 6.45) is 4.51. The average Bonchev–Trinajstić information content (AvgIpc) is 2.98. The van der Waals surface area contributed by atoms with E-state index >= 15 is 0 Å². The highest BCUT2D eigenvalue weighted by Crippen LogP contribution is 2.29. The molecule has 0 fully saturated rings. The number of allylic oxidation sites excluding steroid dienone is 2. The molecular weight excluding hydrogens is 290 g/mol. The van der Waals surface area contributed by atoms with Gasteiger partial charge in [-0.3, -0.25) is 4.79 Å². The number of hydrogen-bond acceptors (Lipinski definition) is 4. The van der Waals surface area contributed by atoms with Gasteiger partial charge in [-0.05, 0) is 37.6 Å². The first-order valence-corrected chi connectivity index (χ1v) is 7.61. The molecule has 0 saturated heterocycles. The normalized spacial score (nSPS) is 18.9. The van der Waals surface area contributed by atoms with Gasteiger partial charge in [-0.15, -0.1) is 0 Å². The molecule has 1 heterocycles. The van der Waals surface area contributed by atoms with Gasteiger partial charge in [-0.25, -0.2) is 5.01 Å². The van der Waals surface area contributed by atoms with Crippen molar-refractivity contribution < 1.29 is 9.53 Å². The zero-order valence-corrected chi connectivity index (χ0v) is 14.0. The zero-order valence-electron chi connectivity index (χ0n) is 14.0. The maximum absolute atomic E-state index is 12.0. The van der Waals surface area contributed by atoms with Crippen molar-refractivity contribution in [1.29, 1.82) is 0 Å². The third-order valence-electron chi connectivity index (χ3n) is 3.91. The third-order valence-corrected chi connectivity index (χ3v) is 3.91. The van der Waals surface area contributed by atoms with Crippen molar-refractivity contribution in [2.75, 3.05) is 12.8 Å². The number of hydrogen-bond donors (Lipinski definition) is 1. The van der Waals surface area contributed by atoms with E-state index in [0.717, 1.165) is 22.6 Å². The Labute approximate surface area is 137 Å². The fraction of sp³-hybridized carbons (Fsp3) is 0.333. The second-order valence-electron chi connectivity index (χ2n) is 5.35. The highest BCUT2D eigenvalue weighted by atomic mass is 16.5. The van der Waals surface area contributed by atoms with Crippen molar-refractivity contribution >= 4 is 17.3 Å². The van der Waals surface area contributed by atoms with Crippen LogP contribution in [-0.2, 0) is 9.53 Å². The number of anilines is 1. The summed E-state index contributed by atoms with van der Waals surface area (Å²) in [5, 5.41) is 6.06. The van der Waals surface area contributed by atoms with Crippen molar-refractivity contribution in [2.45, 2.75) is 33.2 Å². The quantitative estimate of drug-likeness (QED) is 0.527. The number of nitrogen functional groups attached to an aromatic ring is 1. The lowest BCUT2D eigenvalue weighted by atomic mass is 9.96. The highest BCUT2D eigenvalue weighted by molar-refractivity contribution is 6.03. The first kappa shape index (κ1) is 16.8. The summed E-state index contributed by atoms with van der Waals surface area (Å²) in [5.74, 6) is 0.670. The second-order valence-corrected chi connectivity index (χ2v) is 5.35. The molecule has 1 aliphatic rings. The molecule has 2 rings (SSSR count). The van der Waals surface area contributed by atoms with E-state index in [1.807, 2.05) is 50.3 Å². The SMILES string of the molecule is CC=C(OC)C(=CC)C1CC(c2ccc(N)cc2)=NN1C(C)=O. The summed E-state index contributed by atoms with van der Waals surface area (Å²) in [7, 11) is 1.63. The summed E-state index contributed by atoms with van der Waals surface area (Å²) in [4.78, 5) is 12.0. The molecule has 122 valence electrons. The lowest BCUT2D eigenvalue weighted by Crippen LogP contribution is -2.33. The van der Waals surface area contributed by atoms with Crippen LogP contribution in [-0.4, -0.2) is 29.8 Å². The van der Waals surface area contributed by atoms with Crippen LogP contribution in [0.5, 0.6) is 0 Å². The molecule has 23 heavy (non-hydrogen) atoms. The Kier molecular flexibility index (Phi) is 5.21. The van der Waals surface area contributed by atoms with E-state index in [-0.39, 0.29) is 11.9 Å². The monoisotopic (exact) mass is 313 g/mol. The van der Waals surface area contributed by atoms with Gasteiger partial charge in [0.25, 0.3) is 0 Å². The second kappa shape index (κ2) is 7.13. The van der Waals surface area contributed by atoms with Gasteiger partial charge in [0.15, 0.2) is 0 Å². The zero-order chi connectivity index (χ0) is 17.0. The number of ether oxygens (including phenoxy) is 1. The van der Waals surface area contributed by atoms with E-state index in [2.05, 4.69) is 5.10 Å². The summed E-state index contributed by atoms with van der Waals surface area (Å²) in [5.41, 5.74) is 9.25. The van der Waals surface area contributed by atoms with Gasteiger partial charge in [0, 0.05) is 24.6 Å². The summed E-state index contributed by atoms with van der Waals surface area (Å²) < 4.78 is 5.44. The van der Waals surface area contributed by atoms with Gasteiger partial charge in [0.1, 0.15) is 5.76 Å². The predicted molar refractivity (Wildman–Crippen MR) is 92.8 cm³/mol. The molecule has 1 aliphatic heterocycles. The van der Waals surface area contributed by atoms with E-state index in [0.29, 0.717) is 12.1 Å². The van der Waals surface area contributed by atoms with Crippen molar-refractivity contribution in [3.05, 3.63) is 53.3 Å². The standard InChI is InChI=1S/C18H23N3O2/c1-5-15(18(6-2)23-4)17-11-16(20-21(17)12(3)22)13-7-9-14(19)10-8-13/h5-10,17H,11,19H2,1-4H3. The van der Waals surface area contributed by atoms with Crippen LogP contribution in [0.25, 0.3) is 0 Å². The smallest absolute Gasteiger partial charge is 0.240 e. The molecule has 1 atom stereocenters. The van der Waals surface area contributed by atoms with Crippen LogP contribution in [0.3, 0.4) is 0 Å². The number of nitrogens with zero attached hydrogens (tertiary/aromatic N) is 2. The van der Waals surface area contributed by atoms with E-state index in [4.69, 9.17) is 10.5 Å². The molecule has 5 heteroatoms. The minimum atomic E-state index is -0.156. The van der Waals surface area contributed by atoms with Crippen LogP contribution < -0.4 is 5.73 Å². The molecule has 0 aliphatic carbocycles. The molecule has 0 aromatic heterocycles. The lowest BCUT2D eigenvalue weighted by Gasteiger charge is -2.24. The Hall–Kier alpha value is -2.56. The first-order valence-electron chi connectivity index (χ1n) is 7.61. The van der Waals surface area contributed by atoms with Crippen LogP contribution >= 0.6 is 0 Å². The average molecular weight is 313 g/mol. The Morgan fingerprint density at radius 2 is 1.96 bits per heavy atom. The molecule has 1 aromatic rings. The number of benzene rings is 1. The maximum atomic E-state index is 12.0. The number of carbonyl (C=O) groups is 1. The van der Waals surface area contributed by atoms with Gasteiger partial charge >= 0.3 is 0 Å². The third kappa shape index (κ3) is 3.44. The number of rotatable bonds is 4. The number of carbonyl (C=O) groups excluding carboxylic acids is 1. The molecule has 1 amide bonds. The van der Waals surface area contributed by atoms with Crippen LogP contribution in [0.15, 0.2) is 52.9 Å². The van der Waals surface area contributed by atoms with Gasteiger partial charge in [0.05, 0.1) is 18.9 Å². The van der Waals surface area contributed by atoms with E-state index in [1.165, 1.54) is 11.9 Å². The molecule has 0 radical (unpaired) electrons. The van der Waals surface area contributed by atoms with Gasteiger partial charge in [0.2, 0.25) is 5.91 Å². The van der Waals surface area contributed by atoms with E-state index in [9.17, 15) is 4.79 Å². The Bertz CT molecular complexity index is 672. The molecule has 2 N–H and O–H groups in total. The maximum Gasteiger partial charge on any atom is 0.240 e. The number of hydrazone groups is 1. The molecule has 1 aromatic carbocycles. The fourth-order valence-electron chi connectivity index (χ4n) is 2.79. The minimum absolute atomic E-state index is 0.0913. The van der Waals surface area contributed by atoms with Gasteiger partial charge in [-0.2, -0.15) is 5.10 Å². The van der Waals surface area contributed by atoms with Gasteiger partial charge < -0.3 is 10.5 Å². The van der Waals surface area contributed by atoms with Gasteiger partial charge in [-0.1, -0.05) is 18.2 Å². The number of methoxy groups -OCH3 is 1. The molecule has 5 nitrogen and oxygen atoms in total. The summed E-state index contributed by atoms with van der Waals surface area (Å²) in [6, 6.07) is 7.38. The van der Waals surface area contributed by atoms with Crippen LogP contribution in [0.1, 0.15) is 32.8 Å².